The highest BCUT2D eigenvalue weighted by atomic mass is 16.6. The number of carbonyl (C=O) groups excluding carboxylic acids is 2. The number of aldehydes is 1. The molecule has 0 saturated heterocycles. The molecule has 0 saturated carbocycles. The van der Waals surface area contributed by atoms with Gasteiger partial charge in [0.15, 0.2) is 0 Å². The predicted molar refractivity (Wildman–Crippen MR) is 84.2 cm³/mol. The molecule has 2 atom stereocenters. The Kier molecular flexibility index (Phi) is 9.45. The van der Waals surface area contributed by atoms with Gasteiger partial charge in [-0.15, -0.1) is 0 Å². The van der Waals surface area contributed by atoms with Crippen LogP contribution in [0.3, 0.4) is 0 Å². The summed E-state index contributed by atoms with van der Waals surface area (Å²) in [5.41, 5.74) is 0.694. The second-order valence-corrected chi connectivity index (χ2v) is 5.41. The van der Waals surface area contributed by atoms with E-state index in [0.717, 1.165) is 19.1 Å². The van der Waals surface area contributed by atoms with E-state index in [1.165, 1.54) is 4.90 Å². The molecule has 21 heavy (non-hydrogen) atoms. The zero-order chi connectivity index (χ0) is 16.4. The molecule has 0 heterocycles. The van der Waals surface area contributed by atoms with E-state index in [4.69, 9.17) is 4.74 Å². The predicted octanol–water partition coefficient (Wildman–Crippen LogP) is 1.48. The molecule has 1 N–H and O–H groups in total. The van der Waals surface area contributed by atoms with Gasteiger partial charge in [0.05, 0.1) is 0 Å². The number of nitrogens with one attached hydrogen (secondary N) is 1. The van der Waals surface area contributed by atoms with Crippen LogP contribution in [0.15, 0.2) is 11.8 Å². The summed E-state index contributed by atoms with van der Waals surface area (Å²) in [4.78, 5) is 25.9. The third-order valence-corrected chi connectivity index (χ3v) is 3.06. The molecule has 0 aliphatic rings. The molecule has 122 valence electrons. The van der Waals surface area contributed by atoms with Crippen molar-refractivity contribution >= 4 is 12.4 Å². The van der Waals surface area contributed by atoms with Gasteiger partial charge in [0, 0.05) is 52.0 Å². The van der Waals surface area contributed by atoms with E-state index in [1.807, 2.05) is 39.0 Å². The minimum Gasteiger partial charge on any atom is -0.448 e. The Hall–Kier alpha value is -1.56. The second kappa shape index (κ2) is 10.2. The normalized spacial score (nSPS) is 14.3. The van der Waals surface area contributed by atoms with E-state index < -0.39 is 0 Å². The maximum absolute atomic E-state index is 11.5. The minimum atomic E-state index is -0.359. The van der Waals surface area contributed by atoms with Gasteiger partial charge in [0.1, 0.15) is 12.9 Å². The highest BCUT2D eigenvalue weighted by molar-refractivity contribution is 5.74. The van der Waals surface area contributed by atoms with Crippen molar-refractivity contribution in [3.05, 3.63) is 11.8 Å². The molecule has 2 unspecified atom stereocenters. The molecule has 0 spiro atoms. The van der Waals surface area contributed by atoms with Crippen molar-refractivity contribution in [1.29, 1.82) is 0 Å². The lowest BCUT2D eigenvalue weighted by molar-refractivity contribution is -0.105. The fraction of sp³-hybridized carbons (Fsp3) is 0.733. The largest absolute Gasteiger partial charge is 0.448 e. The third kappa shape index (κ3) is 7.70. The van der Waals surface area contributed by atoms with Gasteiger partial charge in [0.2, 0.25) is 0 Å². The fourth-order valence-electron chi connectivity index (χ4n) is 1.82. The topological polar surface area (TPSA) is 61.9 Å². The summed E-state index contributed by atoms with van der Waals surface area (Å²) < 4.78 is 5.20. The van der Waals surface area contributed by atoms with Crippen molar-refractivity contribution in [1.82, 2.24) is 15.1 Å². The van der Waals surface area contributed by atoms with Crippen molar-refractivity contribution < 1.29 is 14.3 Å². The van der Waals surface area contributed by atoms with Crippen LogP contribution in [0.4, 0.5) is 4.79 Å². The third-order valence-electron chi connectivity index (χ3n) is 3.06. The molecule has 0 aliphatic heterocycles. The smallest absolute Gasteiger partial charge is 0.409 e. The second-order valence-electron chi connectivity index (χ2n) is 5.41. The Balaban J connectivity index is 4.68. The van der Waals surface area contributed by atoms with Crippen molar-refractivity contribution in [2.24, 2.45) is 0 Å². The van der Waals surface area contributed by atoms with Crippen LogP contribution in [-0.2, 0) is 9.53 Å². The number of carbonyl (C=O) groups is 2. The van der Waals surface area contributed by atoms with Gasteiger partial charge in [-0.1, -0.05) is 13.8 Å². The van der Waals surface area contributed by atoms with Gasteiger partial charge >= 0.3 is 6.09 Å². The van der Waals surface area contributed by atoms with Gasteiger partial charge in [-0.2, -0.15) is 0 Å². The summed E-state index contributed by atoms with van der Waals surface area (Å²) in [6.07, 6.45) is 3.93. The van der Waals surface area contributed by atoms with Crippen LogP contribution in [0.25, 0.3) is 0 Å². The molecular formula is C15H29N3O3. The van der Waals surface area contributed by atoms with Crippen LogP contribution in [0.2, 0.25) is 0 Å². The molecule has 0 fully saturated rings. The van der Waals surface area contributed by atoms with Gasteiger partial charge in [-0.25, -0.2) is 4.79 Å². The standard InChI is InChI=1S/C15H29N3O3/c1-7-13(11-21-15(20)18(5)6)16-14(8-2)12(10-19)9-17(3)4/h9-10,13-14,16H,7-8,11H2,1-6H3/b12-9+. The summed E-state index contributed by atoms with van der Waals surface area (Å²) in [5.74, 6) is 0. The van der Waals surface area contributed by atoms with E-state index in [-0.39, 0.29) is 24.8 Å². The van der Waals surface area contributed by atoms with Crippen LogP contribution in [0, 0.1) is 0 Å². The van der Waals surface area contributed by atoms with Crippen molar-refractivity contribution in [2.75, 3.05) is 34.8 Å². The Morgan fingerprint density at radius 3 is 2.19 bits per heavy atom. The molecule has 0 aliphatic carbocycles. The number of ether oxygens (including phenoxy) is 1. The molecule has 6 heteroatoms. The van der Waals surface area contributed by atoms with Crippen molar-refractivity contribution in [2.45, 2.75) is 38.8 Å². The molecule has 0 aromatic rings. The van der Waals surface area contributed by atoms with Crippen molar-refractivity contribution in [3.8, 4) is 0 Å². The number of amides is 1. The first-order valence-electron chi connectivity index (χ1n) is 7.29. The van der Waals surface area contributed by atoms with Gasteiger partial charge < -0.3 is 19.9 Å². The molecule has 0 aromatic heterocycles. The summed E-state index contributed by atoms with van der Waals surface area (Å²) >= 11 is 0. The summed E-state index contributed by atoms with van der Waals surface area (Å²) in [7, 11) is 7.06. The fourth-order valence-corrected chi connectivity index (χ4v) is 1.82. The highest BCUT2D eigenvalue weighted by Crippen LogP contribution is 2.08. The summed E-state index contributed by atoms with van der Waals surface area (Å²) in [6, 6.07) is -0.0303. The van der Waals surface area contributed by atoms with E-state index in [2.05, 4.69) is 5.32 Å². The average Bonchev–Trinajstić information content (AvgIpc) is 2.44. The van der Waals surface area contributed by atoms with Gasteiger partial charge in [-0.05, 0) is 12.8 Å². The Morgan fingerprint density at radius 1 is 1.19 bits per heavy atom. The number of rotatable bonds is 9. The van der Waals surface area contributed by atoms with Crippen LogP contribution >= 0.6 is 0 Å². The minimum absolute atomic E-state index is 0.0179. The van der Waals surface area contributed by atoms with E-state index >= 15 is 0 Å². The SMILES string of the molecule is CCC(COC(=O)N(C)C)NC(CC)/C(C=O)=C/N(C)C. The zero-order valence-electron chi connectivity index (χ0n) is 14.0. The molecule has 0 aromatic carbocycles. The lowest BCUT2D eigenvalue weighted by Gasteiger charge is -2.25. The molecule has 0 rings (SSSR count). The Morgan fingerprint density at radius 2 is 1.81 bits per heavy atom. The van der Waals surface area contributed by atoms with E-state index in [0.29, 0.717) is 5.57 Å². The van der Waals surface area contributed by atoms with E-state index in [1.54, 1.807) is 14.1 Å². The lowest BCUT2D eigenvalue weighted by Crippen LogP contribution is -2.43. The monoisotopic (exact) mass is 299 g/mol. The zero-order valence-corrected chi connectivity index (χ0v) is 14.0. The summed E-state index contributed by atoms with van der Waals surface area (Å²) in [5, 5.41) is 3.38. The Labute approximate surface area is 128 Å². The van der Waals surface area contributed by atoms with Crippen molar-refractivity contribution in [3.63, 3.8) is 0 Å². The lowest BCUT2D eigenvalue weighted by atomic mass is 10.0. The quantitative estimate of drug-likeness (QED) is 0.516. The Bertz CT molecular complexity index is 354. The average molecular weight is 299 g/mol. The molecule has 0 bridgehead atoms. The number of hydrogen-bond acceptors (Lipinski definition) is 5. The molecule has 6 nitrogen and oxygen atoms in total. The highest BCUT2D eigenvalue weighted by Gasteiger charge is 2.18. The number of nitrogens with zero attached hydrogens (tertiary/aromatic N) is 2. The molecule has 0 radical (unpaired) electrons. The van der Waals surface area contributed by atoms with Crippen LogP contribution in [0.5, 0.6) is 0 Å². The first-order chi connectivity index (χ1) is 9.85. The van der Waals surface area contributed by atoms with Crippen LogP contribution in [0.1, 0.15) is 26.7 Å². The van der Waals surface area contributed by atoms with E-state index in [9.17, 15) is 9.59 Å². The first-order valence-corrected chi connectivity index (χ1v) is 7.29. The van der Waals surface area contributed by atoms with Crippen LogP contribution < -0.4 is 5.32 Å². The maximum Gasteiger partial charge on any atom is 0.409 e. The number of hydrogen-bond donors (Lipinski definition) is 1. The summed E-state index contributed by atoms with van der Waals surface area (Å²) in [6.45, 7) is 4.32. The first kappa shape index (κ1) is 19.4. The molecular weight excluding hydrogens is 270 g/mol. The van der Waals surface area contributed by atoms with Gasteiger partial charge in [0.25, 0.3) is 0 Å². The maximum atomic E-state index is 11.5. The van der Waals surface area contributed by atoms with Crippen LogP contribution in [-0.4, -0.2) is 69.1 Å². The van der Waals surface area contributed by atoms with Gasteiger partial charge in [-0.3, -0.25) is 4.79 Å². The molecule has 1 amide bonds.